The maximum absolute atomic E-state index is 10.6. The van der Waals surface area contributed by atoms with Gasteiger partial charge in [0.15, 0.2) is 0 Å². The first-order chi connectivity index (χ1) is 6.91. The topological polar surface area (TPSA) is 26.3 Å². The predicted octanol–water partition coefficient (Wildman–Crippen LogP) is 2.81. The van der Waals surface area contributed by atoms with Gasteiger partial charge < -0.3 is 9.53 Å². The van der Waals surface area contributed by atoms with Crippen molar-refractivity contribution in [1.29, 1.82) is 0 Å². The molecule has 2 aliphatic rings. The molecule has 0 heterocycles. The van der Waals surface area contributed by atoms with Crippen LogP contribution in [-0.4, -0.2) is 18.5 Å². The monoisotopic (exact) mass is 210 g/mol. The van der Waals surface area contributed by atoms with Gasteiger partial charge in [-0.2, -0.15) is 0 Å². The highest BCUT2D eigenvalue weighted by Crippen LogP contribution is 2.66. The molecule has 2 aliphatic carbocycles. The van der Waals surface area contributed by atoms with Gasteiger partial charge in [0.05, 0.1) is 6.10 Å². The Balaban J connectivity index is 2.15. The van der Waals surface area contributed by atoms with E-state index in [1.165, 1.54) is 12.8 Å². The summed E-state index contributed by atoms with van der Waals surface area (Å²) in [5.74, 6) is 0.784. The Morgan fingerprint density at radius 2 is 2.07 bits per heavy atom. The minimum Gasteiger partial charge on any atom is -0.367 e. The lowest BCUT2D eigenvalue weighted by atomic mass is 9.70. The molecule has 0 saturated heterocycles. The van der Waals surface area contributed by atoms with Gasteiger partial charge in [0.2, 0.25) is 0 Å². The molecule has 2 saturated carbocycles. The van der Waals surface area contributed by atoms with Gasteiger partial charge in [0.1, 0.15) is 12.4 Å². The van der Waals surface area contributed by atoms with Crippen molar-refractivity contribution in [3.05, 3.63) is 0 Å². The Morgan fingerprint density at radius 1 is 1.40 bits per heavy atom. The summed E-state index contributed by atoms with van der Waals surface area (Å²) in [4.78, 5) is 10.6. The van der Waals surface area contributed by atoms with Crippen LogP contribution in [0, 0.1) is 16.7 Å². The molecule has 0 N–H and O–H groups in total. The molecule has 2 bridgehead atoms. The Labute approximate surface area is 92.4 Å². The van der Waals surface area contributed by atoms with Crippen molar-refractivity contribution in [2.75, 3.05) is 0 Å². The fourth-order valence-corrected chi connectivity index (χ4v) is 3.63. The molecule has 0 amide bonds. The lowest BCUT2D eigenvalue weighted by molar-refractivity contribution is -0.128. The van der Waals surface area contributed by atoms with E-state index in [1.807, 2.05) is 6.92 Å². The zero-order chi connectivity index (χ0) is 11.3. The van der Waals surface area contributed by atoms with Crippen molar-refractivity contribution in [1.82, 2.24) is 0 Å². The molecule has 0 aromatic rings. The van der Waals surface area contributed by atoms with Crippen LogP contribution in [0.4, 0.5) is 0 Å². The second-order valence-corrected chi connectivity index (χ2v) is 6.08. The Morgan fingerprint density at radius 3 is 2.47 bits per heavy atom. The number of fused-ring (bicyclic) bond motifs is 2. The predicted molar refractivity (Wildman–Crippen MR) is 59.6 cm³/mol. The standard InChI is InChI=1S/C13H22O2/c1-9(8-14)15-11-7-10-5-6-13(11,4)12(10,2)3/h8-11H,5-7H2,1-4H3. The van der Waals surface area contributed by atoms with Crippen LogP contribution in [0.15, 0.2) is 0 Å². The number of ether oxygens (including phenoxy) is 1. The Bertz CT molecular complexity index is 272. The second-order valence-electron chi connectivity index (χ2n) is 6.08. The Hall–Kier alpha value is -0.370. The third kappa shape index (κ3) is 1.37. The van der Waals surface area contributed by atoms with E-state index >= 15 is 0 Å². The van der Waals surface area contributed by atoms with E-state index in [2.05, 4.69) is 20.8 Å². The lowest BCUT2D eigenvalue weighted by Gasteiger charge is -2.39. The fourth-order valence-electron chi connectivity index (χ4n) is 3.63. The van der Waals surface area contributed by atoms with E-state index < -0.39 is 0 Å². The molecule has 4 unspecified atom stereocenters. The second kappa shape index (κ2) is 3.31. The highest BCUT2D eigenvalue weighted by atomic mass is 16.5. The van der Waals surface area contributed by atoms with Crippen molar-refractivity contribution in [3.63, 3.8) is 0 Å². The first-order valence-electron chi connectivity index (χ1n) is 6.02. The van der Waals surface area contributed by atoms with E-state index in [1.54, 1.807) is 0 Å². The number of hydrogen-bond acceptors (Lipinski definition) is 2. The summed E-state index contributed by atoms with van der Waals surface area (Å²) in [7, 11) is 0. The first-order valence-corrected chi connectivity index (χ1v) is 6.02. The number of carbonyl (C=O) groups is 1. The van der Waals surface area contributed by atoms with Crippen molar-refractivity contribution in [2.24, 2.45) is 16.7 Å². The van der Waals surface area contributed by atoms with Crippen molar-refractivity contribution < 1.29 is 9.53 Å². The number of carbonyl (C=O) groups excluding carboxylic acids is 1. The third-order valence-electron chi connectivity index (χ3n) is 5.28. The van der Waals surface area contributed by atoms with Gasteiger partial charge in [-0.1, -0.05) is 20.8 Å². The first kappa shape index (κ1) is 11.1. The van der Waals surface area contributed by atoms with Crippen LogP contribution in [0.25, 0.3) is 0 Å². The van der Waals surface area contributed by atoms with E-state index in [9.17, 15) is 4.79 Å². The van der Waals surface area contributed by atoms with Gasteiger partial charge in [0.25, 0.3) is 0 Å². The molecular weight excluding hydrogens is 188 g/mol. The van der Waals surface area contributed by atoms with Crippen LogP contribution in [0.3, 0.4) is 0 Å². The fraction of sp³-hybridized carbons (Fsp3) is 0.923. The molecule has 2 heteroatoms. The van der Waals surface area contributed by atoms with Gasteiger partial charge in [-0.05, 0) is 42.9 Å². The highest BCUT2D eigenvalue weighted by molar-refractivity contribution is 5.55. The van der Waals surface area contributed by atoms with Crippen LogP contribution >= 0.6 is 0 Å². The summed E-state index contributed by atoms with van der Waals surface area (Å²) in [6, 6.07) is 0. The molecular formula is C13H22O2. The maximum atomic E-state index is 10.6. The van der Waals surface area contributed by atoms with E-state index in [-0.39, 0.29) is 17.6 Å². The molecule has 4 atom stereocenters. The van der Waals surface area contributed by atoms with Crippen LogP contribution in [0.1, 0.15) is 47.0 Å². The van der Waals surface area contributed by atoms with Gasteiger partial charge in [-0.15, -0.1) is 0 Å². The molecule has 0 spiro atoms. The number of rotatable bonds is 3. The normalized spacial score (nSPS) is 44.3. The zero-order valence-electron chi connectivity index (χ0n) is 10.2. The lowest BCUT2D eigenvalue weighted by Crippen LogP contribution is -2.39. The largest absolute Gasteiger partial charge is 0.367 e. The summed E-state index contributed by atoms with van der Waals surface area (Å²) in [6.07, 6.45) is 4.66. The van der Waals surface area contributed by atoms with Crippen LogP contribution < -0.4 is 0 Å². The van der Waals surface area contributed by atoms with Crippen molar-refractivity contribution >= 4 is 6.29 Å². The van der Waals surface area contributed by atoms with E-state index in [0.29, 0.717) is 5.41 Å². The molecule has 0 radical (unpaired) electrons. The highest BCUT2D eigenvalue weighted by Gasteiger charge is 2.62. The summed E-state index contributed by atoms with van der Waals surface area (Å²) < 4.78 is 5.86. The van der Waals surface area contributed by atoms with Gasteiger partial charge in [-0.3, -0.25) is 0 Å². The summed E-state index contributed by atoms with van der Waals surface area (Å²) in [6.45, 7) is 8.90. The number of aldehydes is 1. The maximum Gasteiger partial charge on any atom is 0.148 e. The average Bonchev–Trinajstić information content (AvgIpc) is 2.50. The Kier molecular flexibility index (Phi) is 2.45. The van der Waals surface area contributed by atoms with Crippen LogP contribution in [0.5, 0.6) is 0 Å². The molecule has 2 fully saturated rings. The quantitative estimate of drug-likeness (QED) is 0.669. The van der Waals surface area contributed by atoms with Crippen LogP contribution in [0.2, 0.25) is 0 Å². The summed E-state index contributed by atoms with van der Waals surface area (Å²) >= 11 is 0. The van der Waals surface area contributed by atoms with Gasteiger partial charge in [-0.25, -0.2) is 0 Å². The zero-order valence-corrected chi connectivity index (χ0v) is 10.2. The summed E-state index contributed by atoms with van der Waals surface area (Å²) in [5.41, 5.74) is 0.648. The number of hydrogen-bond donors (Lipinski definition) is 0. The van der Waals surface area contributed by atoms with Crippen molar-refractivity contribution in [3.8, 4) is 0 Å². The molecule has 0 aliphatic heterocycles. The van der Waals surface area contributed by atoms with Crippen molar-refractivity contribution in [2.45, 2.75) is 59.2 Å². The minimum atomic E-state index is -0.248. The smallest absolute Gasteiger partial charge is 0.148 e. The molecule has 2 nitrogen and oxygen atoms in total. The minimum absolute atomic E-state index is 0.248. The average molecular weight is 210 g/mol. The third-order valence-corrected chi connectivity index (χ3v) is 5.28. The van der Waals surface area contributed by atoms with Gasteiger partial charge in [0, 0.05) is 0 Å². The van der Waals surface area contributed by atoms with Gasteiger partial charge >= 0.3 is 0 Å². The van der Waals surface area contributed by atoms with E-state index in [0.717, 1.165) is 18.6 Å². The molecule has 15 heavy (non-hydrogen) atoms. The molecule has 0 aromatic carbocycles. The molecule has 2 rings (SSSR count). The molecule has 86 valence electrons. The van der Waals surface area contributed by atoms with Crippen LogP contribution in [-0.2, 0) is 9.53 Å². The summed E-state index contributed by atoms with van der Waals surface area (Å²) in [5, 5.41) is 0. The SMILES string of the molecule is CC(C=O)OC1CC2CCC1(C)C2(C)C. The molecule has 0 aromatic heterocycles. The van der Waals surface area contributed by atoms with E-state index in [4.69, 9.17) is 4.74 Å².